The summed E-state index contributed by atoms with van der Waals surface area (Å²) >= 11 is 0. The Morgan fingerprint density at radius 2 is 1.52 bits per heavy atom. The van der Waals surface area contributed by atoms with Crippen molar-refractivity contribution in [2.45, 2.75) is 4.90 Å². The van der Waals surface area contributed by atoms with Gasteiger partial charge in [0.1, 0.15) is 5.69 Å². The molecule has 0 saturated carbocycles. The Morgan fingerprint density at radius 1 is 0.931 bits per heavy atom. The Morgan fingerprint density at radius 3 is 1.97 bits per heavy atom. The van der Waals surface area contributed by atoms with Crippen LogP contribution in [-0.4, -0.2) is 53.9 Å². The zero-order valence-corrected chi connectivity index (χ0v) is 16.8. The lowest BCUT2D eigenvalue weighted by atomic mass is 10.1. The predicted molar refractivity (Wildman–Crippen MR) is 102 cm³/mol. The van der Waals surface area contributed by atoms with Gasteiger partial charge < -0.3 is 24.1 Å². The van der Waals surface area contributed by atoms with Gasteiger partial charge >= 0.3 is 11.9 Å². The number of carbonyl (C=O) groups is 2. The first-order valence-corrected chi connectivity index (χ1v) is 9.45. The number of ether oxygens (including phenoxy) is 4. The smallest absolute Gasteiger partial charge is 0.338 e. The summed E-state index contributed by atoms with van der Waals surface area (Å²) in [5.41, 5.74) is -0.592. The maximum atomic E-state index is 12.8. The number of carbonyl (C=O) groups excluding carboxylic acids is 1. The third kappa shape index (κ3) is 4.35. The summed E-state index contributed by atoms with van der Waals surface area (Å²) < 4.78 is 47.8. The van der Waals surface area contributed by atoms with Gasteiger partial charge in [-0.2, -0.15) is 0 Å². The normalized spacial score (nSPS) is 10.8. The molecular formula is C18H19NO9S. The van der Waals surface area contributed by atoms with Crippen LogP contribution in [0.15, 0.2) is 35.2 Å². The quantitative estimate of drug-likeness (QED) is 0.608. The number of methoxy groups -OCH3 is 4. The third-order valence-electron chi connectivity index (χ3n) is 3.88. The van der Waals surface area contributed by atoms with E-state index in [9.17, 15) is 23.1 Å². The number of nitrogens with one attached hydrogen (secondary N) is 1. The van der Waals surface area contributed by atoms with E-state index >= 15 is 0 Å². The molecule has 0 spiro atoms. The number of anilines is 1. The number of hydrogen-bond donors (Lipinski definition) is 2. The highest BCUT2D eigenvalue weighted by Gasteiger charge is 2.28. The third-order valence-corrected chi connectivity index (χ3v) is 5.25. The monoisotopic (exact) mass is 425 g/mol. The second-order valence-corrected chi connectivity index (χ2v) is 7.18. The minimum atomic E-state index is -4.24. The van der Waals surface area contributed by atoms with Crippen molar-refractivity contribution in [2.24, 2.45) is 0 Å². The highest BCUT2D eigenvalue weighted by Crippen LogP contribution is 2.45. The van der Waals surface area contributed by atoms with Gasteiger partial charge in [0.05, 0.1) is 44.5 Å². The zero-order chi connectivity index (χ0) is 21.8. The van der Waals surface area contributed by atoms with Crippen molar-refractivity contribution >= 4 is 27.6 Å². The van der Waals surface area contributed by atoms with Crippen LogP contribution in [0.1, 0.15) is 20.7 Å². The van der Waals surface area contributed by atoms with E-state index in [1.807, 2.05) is 0 Å². The summed E-state index contributed by atoms with van der Waals surface area (Å²) in [4.78, 5) is 23.0. The topological polar surface area (TPSA) is 137 Å². The number of hydrogen-bond acceptors (Lipinski definition) is 8. The van der Waals surface area contributed by atoms with Crippen molar-refractivity contribution in [3.05, 3.63) is 41.5 Å². The van der Waals surface area contributed by atoms with E-state index in [1.54, 1.807) is 0 Å². The lowest BCUT2D eigenvalue weighted by Gasteiger charge is -2.19. The van der Waals surface area contributed by atoms with E-state index in [4.69, 9.17) is 14.2 Å². The number of aromatic carboxylic acids is 1. The van der Waals surface area contributed by atoms with Crippen LogP contribution in [0.5, 0.6) is 17.2 Å². The molecule has 0 bridgehead atoms. The molecule has 2 aromatic carbocycles. The molecule has 0 fully saturated rings. The summed E-state index contributed by atoms with van der Waals surface area (Å²) in [6, 6.07) is 6.01. The number of carboxylic acid groups (broad SMARTS) is 1. The van der Waals surface area contributed by atoms with E-state index in [2.05, 4.69) is 9.46 Å². The Balaban J connectivity index is 2.59. The van der Waals surface area contributed by atoms with Gasteiger partial charge in [0.2, 0.25) is 5.75 Å². The largest absolute Gasteiger partial charge is 0.493 e. The maximum absolute atomic E-state index is 12.8. The molecule has 2 aromatic rings. The fourth-order valence-corrected chi connectivity index (χ4v) is 3.59. The standard InChI is InChI=1S/C18H19NO9S/c1-25-13-9-12(17(20)21)14(16(27-3)15(13)26-2)19-29(23,24)11-7-5-10(6-8-11)18(22)28-4/h5-9,19H,1-4H3,(H,20,21). The van der Waals surface area contributed by atoms with Crippen LogP contribution in [0.4, 0.5) is 5.69 Å². The van der Waals surface area contributed by atoms with Gasteiger partial charge in [0, 0.05) is 6.07 Å². The summed E-state index contributed by atoms with van der Waals surface area (Å²) in [6.07, 6.45) is 0. The average molecular weight is 425 g/mol. The molecule has 10 nitrogen and oxygen atoms in total. The van der Waals surface area contributed by atoms with Gasteiger partial charge in [-0.15, -0.1) is 0 Å². The van der Waals surface area contributed by atoms with Crippen LogP contribution in [0.25, 0.3) is 0 Å². The van der Waals surface area contributed by atoms with Crippen LogP contribution >= 0.6 is 0 Å². The number of esters is 1. The highest BCUT2D eigenvalue weighted by atomic mass is 32.2. The molecule has 29 heavy (non-hydrogen) atoms. The molecule has 0 heterocycles. The van der Waals surface area contributed by atoms with Gasteiger partial charge in [0.25, 0.3) is 10.0 Å². The minimum absolute atomic E-state index is 0.0127. The van der Waals surface area contributed by atoms with Crippen LogP contribution in [0.2, 0.25) is 0 Å². The molecule has 0 aliphatic carbocycles. The van der Waals surface area contributed by atoms with E-state index in [0.29, 0.717) is 0 Å². The molecule has 156 valence electrons. The molecule has 0 amide bonds. The molecule has 2 N–H and O–H groups in total. The van der Waals surface area contributed by atoms with Gasteiger partial charge in [0.15, 0.2) is 11.5 Å². The van der Waals surface area contributed by atoms with Crippen LogP contribution in [0.3, 0.4) is 0 Å². The average Bonchev–Trinajstić information content (AvgIpc) is 2.71. The molecule has 0 radical (unpaired) electrons. The number of rotatable bonds is 8. The molecule has 0 aliphatic rings. The summed E-state index contributed by atoms with van der Waals surface area (Å²) in [6.45, 7) is 0. The van der Waals surface area contributed by atoms with Gasteiger partial charge in [-0.1, -0.05) is 0 Å². The van der Waals surface area contributed by atoms with Crippen molar-refractivity contribution in [3.8, 4) is 17.2 Å². The molecule has 0 atom stereocenters. The maximum Gasteiger partial charge on any atom is 0.338 e. The van der Waals surface area contributed by atoms with Crippen LogP contribution in [-0.2, 0) is 14.8 Å². The van der Waals surface area contributed by atoms with Gasteiger partial charge in [-0.25, -0.2) is 18.0 Å². The first kappa shape index (κ1) is 21.8. The fourth-order valence-electron chi connectivity index (χ4n) is 2.51. The Labute approximate surface area is 167 Å². The Hall–Kier alpha value is -3.47. The van der Waals surface area contributed by atoms with Crippen molar-refractivity contribution < 1.29 is 42.1 Å². The van der Waals surface area contributed by atoms with E-state index in [1.165, 1.54) is 52.7 Å². The van der Waals surface area contributed by atoms with Crippen molar-refractivity contribution in [1.29, 1.82) is 0 Å². The van der Waals surface area contributed by atoms with Crippen molar-refractivity contribution in [2.75, 3.05) is 33.2 Å². The molecule has 0 saturated heterocycles. The fraction of sp³-hybridized carbons (Fsp3) is 0.222. The van der Waals surface area contributed by atoms with Crippen molar-refractivity contribution in [3.63, 3.8) is 0 Å². The Bertz CT molecular complexity index is 1030. The lowest BCUT2D eigenvalue weighted by Crippen LogP contribution is -2.17. The number of sulfonamides is 1. The summed E-state index contributed by atoms with van der Waals surface area (Å²) in [5, 5.41) is 9.52. The highest BCUT2D eigenvalue weighted by molar-refractivity contribution is 7.92. The molecule has 0 aromatic heterocycles. The second kappa shape index (κ2) is 8.69. The van der Waals surface area contributed by atoms with Crippen LogP contribution in [0, 0.1) is 0 Å². The number of carboxylic acids is 1. The molecule has 2 rings (SSSR count). The Kier molecular flexibility index (Phi) is 6.54. The van der Waals surface area contributed by atoms with E-state index in [0.717, 1.165) is 6.07 Å². The number of benzene rings is 2. The van der Waals surface area contributed by atoms with E-state index < -0.39 is 27.5 Å². The van der Waals surface area contributed by atoms with Gasteiger partial charge in [-0.05, 0) is 24.3 Å². The van der Waals surface area contributed by atoms with Crippen molar-refractivity contribution in [1.82, 2.24) is 0 Å². The van der Waals surface area contributed by atoms with E-state index in [-0.39, 0.29) is 33.4 Å². The van der Waals surface area contributed by atoms with Gasteiger partial charge in [-0.3, -0.25) is 4.72 Å². The lowest BCUT2D eigenvalue weighted by molar-refractivity contribution is 0.0599. The summed E-state index contributed by atoms with van der Waals surface area (Å²) in [5.74, 6) is -2.15. The SMILES string of the molecule is COC(=O)c1ccc(S(=O)(=O)Nc2c(C(=O)O)cc(OC)c(OC)c2OC)cc1. The first-order valence-electron chi connectivity index (χ1n) is 7.97. The molecular weight excluding hydrogens is 406 g/mol. The second-order valence-electron chi connectivity index (χ2n) is 5.49. The first-order chi connectivity index (χ1) is 13.7. The van der Waals surface area contributed by atoms with Crippen LogP contribution < -0.4 is 18.9 Å². The minimum Gasteiger partial charge on any atom is -0.493 e. The predicted octanol–water partition coefficient (Wildman–Crippen LogP) is 2.00. The summed E-state index contributed by atoms with van der Waals surface area (Å²) in [7, 11) is 0.788. The molecule has 0 aliphatic heterocycles. The zero-order valence-electron chi connectivity index (χ0n) is 16.0. The molecule has 0 unspecified atom stereocenters. The molecule has 11 heteroatoms.